The van der Waals surface area contributed by atoms with Gasteiger partial charge in [-0.2, -0.15) is 0 Å². The van der Waals surface area contributed by atoms with Crippen molar-refractivity contribution in [2.45, 2.75) is 44.1 Å². The Morgan fingerprint density at radius 1 is 1.42 bits per heavy atom. The molecule has 0 bridgehead atoms. The van der Waals surface area contributed by atoms with E-state index in [9.17, 15) is 5.11 Å². The molecule has 0 aromatic carbocycles. The van der Waals surface area contributed by atoms with Gasteiger partial charge in [0.25, 0.3) is 0 Å². The molecule has 0 radical (unpaired) electrons. The van der Waals surface area contributed by atoms with Gasteiger partial charge < -0.3 is 10.4 Å². The third kappa shape index (κ3) is 2.57. The van der Waals surface area contributed by atoms with E-state index < -0.39 is 8.07 Å². The quantitative estimate of drug-likeness (QED) is 0.655. The molecule has 1 fully saturated rings. The second-order valence-electron chi connectivity index (χ2n) is 5.21. The second-order valence-corrected chi connectivity index (χ2v) is 10.7. The van der Waals surface area contributed by atoms with Gasteiger partial charge in [0.1, 0.15) is 0 Å². The molecule has 1 aliphatic heterocycles. The first-order chi connectivity index (χ1) is 5.47. The van der Waals surface area contributed by atoms with Crippen LogP contribution in [-0.2, 0) is 0 Å². The first kappa shape index (κ1) is 10.2. The molecule has 1 heterocycles. The predicted octanol–water partition coefficient (Wildman–Crippen LogP) is 1.44. The molecule has 1 rings (SSSR count). The van der Waals surface area contributed by atoms with Crippen molar-refractivity contribution in [3.8, 4) is 0 Å². The Balaban J connectivity index is 2.55. The number of aliphatic hydroxyl groups is 1. The van der Waals surface area contributed by atoms with E-state index in [4.69, 9.17) is 0 Å². The molecule has 0 amide bonds. The van der Waals surface area contributed by atoms with Crippen molar-refractivity contribution in [1.29, 1.82) is 0 Å². The summed E-state index contributed by atoms with van der Waals surface area (Å²) >= 11 is 0. The van der Waals surface area contributed by atoms with E-state index in [1.165, 1.54) is 12.5 Å². The van der Waals surface area contributed by atoms with Crippen LogP contribution in [0.4, 0.5) is 0 Å². The van der Waals surface area contributed by atoms with Crippen LogP contribution in [0.1, 0.15) is 12.8 Å². The average Bonchev–Trinajstić information content (AvgIpc) is 2.34. The van der Waals surface area contributed by atoms with E-state index in [2.05, 4.69) is 25.0 Å². The Morgan fingerprint density at radius 3 is 2.42 bits per heavy atom. The standard InChI is InChI=1S/C9H21NOSi/c1-12(2,3)8-9(7-11)5-4-6-10-9/h10-11H,4-8H2,1-3H3. The van der Waals surface area contributed by atoms with Crippen LogP contribution in [0.15, 0.2) is 0 Å². The Labute approximate surface area is 76.4 Å². The zero-order valence-electron chi connectivity index (χ0n) is 8.48. The molecule has 1 unspecified atom stereocenters. The van der Waals surface area contributed by atoms with Gasteiger partial charge in [-0.3, -0.25) is 0 Å². The Hall–Kier alpha value is 0.137. The first-order valence-electron chi connectivity index (χ1n) is 4.83. The fourth-order valence-electron chi connectivity index (χ4n) is 2.23. The lowest BCUT2D eigenvalue weighted by molar-refractivity contribution is 0.191. The van der Waals surface area contributed by atoms with Crippen LogP contribution in [0, 0.1) is 0 Å². The van der Waals surface area contributed by atoms with Gasteiger partial charge in [-0.25, -0.2) is 0 Å². The van der Waals surface area contributed by atoms with Crippen molar-refractivity contribution in [2.75, 3.05) is 13.2 Å². The van der Waals surface area contributed by atoms with E-state index in [1.54, 1.807) is 0 Å². The molecule has 0 spiro atoms. The van der Waals surface area contributed by atoms with E-state index in [0.29, 0.717) is 6.61 Å². The minimum absolute atomic E-state index is 0.0878. The van der Waals surface area contributed by atoms with Crippen molar-refractivity contribution in [1.82, 2.24) is 5.32 Å². The lowest BCUT2D eigenvalue weighted by Gasteiger charge is -2.33. The van der Waals surface area contributed by atoms with Crippen LogP contribution >= 0.6 is 0 Å². The summed E-state index contributed by atoms with van der Waals surface area (Å²) in [6.07, 6.45) is 2.39. The van der Waals surface area contributed by atoms with Crippen LogP contribution in [0.25, 0.3) is 0 Å². The van der Waals surface area contributed by atoms with Gasteiger partial charge in [0.05, 0.1) is 6.61 Å². The van der Waals surface area contributed by atoms with Crippen LogP contribution in [-0.4, -0.2) is 31.9 Å². The first-order valence-corrected chi connectivity index (χ1v) is 8.54. The molecule has 2 nitrogen and oxygen atoms in total. The maximum Gasteiger partial charge on any atom is 0.0610 e. The zero-order chi connectivity index (χ0) is 9.24. The molecule has 0 saturated carbocycles. The fraction of sp³-hybridized carbons (Fsp3) is 1.00. The smallest absolute Gasteiger partial charge is 0.0610 e. The van der Waals surface area contributed by atoms with Gasteiger partial charge in [0.2, 0.25) is 0 Å². The minimum Gasteiger partial charge on any atom is -0.394 e. The maximum absolute atomic E-state index is 9.34. The third-order valence-corrected chi connectivity index (χ3v) is 4.24. The largest absolute Gasteiger partial charge is 0.394 e. The highest BCUT2D eigenvalue weighted by molar-refractivity contribution is 6.76. The molecule has 2 N–H and O–H groups in total. The molecule has 0 aromatic heterocycles. The van der Waals surface area contributed by atoms with Crippen LogP contribution < -0.4 is 5.32 Å². The summed E-state index contributed by atoms with van der Waals surface area (Å²) in [6, 6.07) is 1.20. The van der Waals surface area contributed by atoms with Gasteiger partial charge in [-0.05, 0) is 25.4 Å². The summed E-state index contributed by atoms with van der Waals surface area (Å²) in [5.74, 6) is 0. The number of aliphatic hydroxyl groups excluding tert-OH is 1. The topological polar surface area (TPSA) is 32.3 Å². The maximum atomic E-state index is 9.34. The lowest BCUT2D eigenvalue weighted by Crippen LogP contribution is -2.48. The lowest BCUT2D eigenvalue weighted by atomic mass is 10.0. The van der Waals surface area contributed by atoms with Crippen LogP contribution in [0.2, 0.25) is 25.7 Å². The molecule has 1 aliphatic rings. The fourth-order valence-corrected chi connectivity index (χ4v) is 4.67. The predicted molar refractivity (Wildman–Crippen MR) is 55.2 cm³/mol. The van der Waals surface area contributed by atoms with Crippen molar-refractivity contribution < 1.29 is 5.11 Å². The molecule has 1 saturated heterocycles. The zero-order valence-corrected chi connectivity index (χ0v) is 9.48. The Morgan fingerprint density at radius 2 is 2.08 bits per heavy atom. The Kier molecular flexibility index (Phi) is 2.96. The molecule has 1 atom stereocenters. The van der Waals surface area contributed by atoms with Gasteiger partial charge in [0, 0.05) is 13.6 Å². The van der Waals surface area contributed by atoms with Crippen molar-refractivity contribution in [3.63, 3.8) is 0 Å². The summed E-state index contributed by atoms with van der Waals surface area (Å²) in [4.78, 5) is 0. The molecule has 72 valence electrons. The summed E-state index contributed by atoms with van der Waals surface area (Å²) in [5, 5.41) is 12.8. The molecule has 0 aliphatic carbocycles. The summed E-state index contributed by atoms with van der Waals surface area (Å²) < 4.78 is 0. The highest BCUT2D eigenvalue weighted by Crippen LogP contribution is 2.28. The molecule has 3 heteroatoms. The van der Waals surface area contributed by atoms with E-state index >= 15 is 0 Å². The highest BCUT2D eigenvalue weighted by Gasteiger charge is 2.36. The normalized spacial score (nSPS) is 31.0. The molecule has 12 heavy (non-hydrogen) atoms. The summed E-state index contributed by atoms with van der Waals surface area (Å²) in [6.45, 7) is 8.50. The van der Waals surface area contributed by atoms with Crippen molar-refractivity contribution in [2.24, 2.45) is 0 Å². The van der Waals surface area contributed by atoms with E-state index in [0.717, 1.165) is 13.0 Å². The second kappa shape index (κ2) is 3.48. The SMILES string of the molecule is C[Si](C)(C)CC1(CO)CCCN1. The minimum atomic E-state index is -1.04. The van der Waals surface area contributed by atoms with Gasteiger partial charge in [0.15, 0.2) is 0 Å². The summed E-state index contributed by atoms with van der Waals surface area (Å²) in [7, 11) is -1.04. The molecule has 0 aromatic rings. The molecular formula is C9H21NOSi. The molecular weight excluding hydrogens is 166 g/mol. The number of hydrogen-bond acceptors (Lipinski definition) is 2. The monoisotopic (exact) mass is 187 g/mol. The Bertz CT molecular complexity index is 147. The number of hydrogen-bond donors (Lipinski definition) is 2. The number of nitrogens with one attached hydrogen (secondary N) is 1. The van der Waals surface area contributed by atoms with Gasteiger partial charge in [-0.15, -0.1) is 0 Å². The van der Waals surface area contributed by atoms with E-state index in [-0.39, 0.29) is 5.54 Å². The van der Waals surface area contributed by atoms with Crippen molar-refractivity contribution in [3.05, 3.63) is 0 Å². The van der Waals surface area contributed by atoms with Gasteiger partial charge in [-0.1, -0.05) is 19.6 Å². The van der Waals surface area contributed by atoms with Crippen LogP contribution in [0.5, 0.6) is 0 Å². The average molecular weight is 187 g/mol. The third-order valence-electron chi connectivity index (χ3n) is 2.50. The van der Waals surface area contributed by atoms with Crippen molar-refractivity contribution >= 4 is 8.07 Å². The highest BCUT2D eigenvalue weighted by atomic mass is 28.3. The van der Waals surface area contributed by atoms with E-state index in [1.807, 2.05) is 0 Å². The summed E-state index contributed by atoms with van der Waals surface area (Å²) in [5.41, 5.74) is 0.0878. The number of rotatable bonds is 3. The van der Waals surface area contributed by atoms with Gasteiger partial charge >= 0.3 is 0 Å². The van der Waals surface area contributed by atoms with Crippen LogP contribution in [0.3, 0.4) is 0 Å².